The van der Waals surface area contributed by atoms with Gasteiger partial charge in [0, 0.05) is 13.7 Å². The Morgan fingerprint density at radius 2 is 2.25 bits per heavy atom. The molecular weight excluding hydrogens is 164 g/mol. The molecule has 1 atom stereocenters. The van der Waals surface area contributed by atoms with Crippen LogP contribution in [0.5, 0.6) is 0 Å². The van der Waals surface area contributed by atoms with Crippen molar-refractivity contribution in [1.82, 2.24) is 0 Å². The van der Waals surface area contributed by atoms with E-state index in [9.17, 15) is 4.79 Å². The Labute approximate surface area is 70.9 Å². The first-order valence-electron chi connectivity index (χ1n) is 3.64. The number of aliphatic carboxylic acids is 1. The quantitative estimate of drug-likeness (QED) is 0.529. The van der Waals surface area contributed by atoms with E-state index in [1.807, 2.05) is 0 Å². The fourth-order valence-corrected chi connectivity index (χ4v) is 0.794. The second kappa shape index (κ2) is 7.02. The van der Waals surface area contributed by atoms with Crippen LogP contribution in [0.1, 0.15) is 12.8 Å². The Balaban J connectivity index is 3.61. The van der Waals surface area contributed by atoms with Gasteiger partial charge < -0.3 is 19.7 Å². The Kier molecular flexibility index (Phi) is 6.64. The summed E-state index contributed by atoms with van der Waals surface area (Å²) in [6.07, 6.45) is -0.0970. The van der Waals surface area contributed by atoms with Gasteiger partial charge in [0.05, 0.1) is 12.5 Å². The molecule has 0 saturated heterocycles. The second-order valence-corrected chi connectivity index (χ2v) is 2.30. The highest BCUT2D eigenvalue weighted by atomic mass is 16.6. The highest BCUT2D eigenvalue weighted by Gasteiger charge is 2.12. The first kappa shape index (κ1) is 11.4. The van der Waals surface area contributed by atoms with E-state index >= 15 is 0 Å². The molecular formula is C7H14O5. The molecule has 0 aromatic heterocycles. The van der Waals surface area contributed by atoms with Gasteiger partial charge in [0.15, 0.2) is 0 Å². The summed E-state index contributed by atoms with van der Waals surface area (Å²) in [6, 6.07) is 0. The van der Waals surface area contributed by atoms with Crippen LogP contribution in [0.3, 0.4) is 0 Å². The Morgan fingerprint density at radius 3 is 2.67 bits per heavy atom. The van der Waals surface area contributed by atoms with Crippen LogP contribution in [0, 0.1) is 0 Å². The van der Waals surface area contributed by atoms with Gasteiger partial charge in [-0.1, -0.05) is 0 Å². The van der Waals surface area contributed by atoms with Gasteiger partial charge in [0.2, 0.25) is 0 Å². The molecule has 0 rings (SSSR count). The molecule has 0 amide bonds. The van der Waals surface area contributed by atoms with Gasteiger partial charge >= 0.3 is 5.97 Å². The Bertz CT molecular complexity index is 125. The Hall–Kier alpha value is -0.650. The number of rotatable bonds is 7. The monoisotopic (exact) mass is 178 g/mol. The summed E-state index contributed by atoms with van der Waals surface area (Å²) in [5.74, 6) is -0.940. The predicted octanol–water partition coefficient (Wildman–Crippen LogP) is -0.167. The van der Waals surface area contributed by atoms with Crippen LogP contribution >= 0.6 is 0 Å². The van der Waals surface area contributed by atoms with E-state index < -0.39 is 18.9 Å². The molecule has 2 N–H and O–H groups in total. The van der Waals surface area contributed by atoms with Crippen molar-refractivity contribution in [2.75, 3.05) is 20.5 Å². The van der Waals surface area contributed by atoms with Crippen molar-refractivity contribution in [3.8, 4) is 0 Å². The van der Waals surface area contributed by atoms with Crippen LogP contribution in [-0.4, -0.2) is 42.8 Å². The van der Waals surface area contributed by atoms with E-state index in [1.165, 1.54) is 7.11 Å². The minimum absolute atomic E-state index is 0.107. The maximum Gasteiger partial charge on any atom is 0.305 e. The number of aliphatic hydroxyl groups is 1. The van der Waals surface area contributed by atoms with Crippen LogP contribution in [-0.2, 0) is 14.3 Å². The topological polar surface area (TPSA) is 76.0 Å². The number of ether oxygens (including phenoxy) is 2. The van der Waals surface area contributed by atoms with Gasteiger partial charge in [-0.2, -0.15) is 0 Å². The Morgan fingerprint density at radius 1 is 1.58 bits per heavy atom. The maximum absolute atomic E-state index is 10.2. The number of hydrogen-bond donors (Lipinski definition) is 2. The molecule has 5 nitrogen and oxygen atoms in total. The number of methoxy groups -OCH3 is 1. The van der Waals surface area contributed by atoms with E-state index in [0.29, 0.717) is 13.0 Å². The lowest BCUT2D eigenvalue weighted by Crippen LogP contribution is -2.20. The third kappa shape index (κ3) is 6.09. The normalized spacial score (nSPS) is 12.8. The molecule has 0 aliphatic heterocycles. The van der Waals surface area contributed by atoms with E-state index in [0.717, 1.165) is 0 Å². The van der Waals surface area contributed by atoms with Crippen molar-refractivity contribution < 1.29 is 24.5 Å². The van der Waals surface area contributed by atoms with Gasteiger partial charge in [-0.05, 0) is 6.42 Å². The van der Waals surface area contributed by atoms with Crippen LogP contribution in [0.15, 0.2) is 0 Å². The molecule has 0 aliphatic rings. The van der Waals surface area contributed by atoms with Crippen molar-refractivity contribution in [3.05, 3.63) is 0 Å². The zero-order valence-electron chi connectivity index (χ0n) is 7.02. The van der Waals surface area contributed by atoms with Crippen molar-refractivity contribution in [2.24, 2.45) is 0 Å². The molecule has 12 heavy (non-hydrogen) atoms. The molecule has 0 aromatic rings. The predicted molar refractivity (Wildman–Crippen MR) is 40.7 cm³/mol. The first-order chi connectivity index (χ1) is 5.70. The molecule has 5 heteroatoms. The molecule has 0 heterocycles. The molecule has 0 aromatic carbocycles. The van der Waals surface area contributed by atoms with Gasteiger partial charge in [0.1, 0.15) is 6.79 Å². The first-order valence-corrected chi connectivity index (χ1v) is 3.64. The highest BCUT2D eigenvalue weighted by Crippen LogP contribution is 2.03. The van der Waals surface area contributed by atoms with Crippen LogP contribution < -0.4 is 0 Å². The fourth-order valence-electron chi connectivity index (χ4n) is 0.794. The third-order valence-corrected chi connectivity index (χ3v) is 1.36. The number of aliphatic hydroxyl groups excluding tert-OH is 1. The zero-order chi connectivity index (χ0) is 9.40. The van der Waals surface area contributed by atoms with Crippen molar-refractivity contribution in [2.45, 2.75) is 18.9 Å². The lowest BCUT2D eigenvalue weighted by Gasteiger charge is -2.12. The fraction of sp³-hybridized carbons (Fsp3) is 0.857. The minimum Gasteiger partial charge on any atom is -0.481 e. The SMILES string of the molecule is COCCC(CC(=O)O)OCO. The van der Waals surface area contributed by atoms with E-state index in [2.05, 4.69) is 0 Å². The summed E-state index contributed by atoms with van der Waals surface area (Å²) in [5, 5.41) is 16.8. The molecule has 0 aliphatic carbocycles. The summed E-state index contributed by atoms with van der Waals surface area (Å²) in [4.78, 5) is 10.2. The maximum atomic E-state index is 10.2. The lowest BCUT2D eigenvalue weighted by atomic mass is 10.2. The number of carboxylic acids is 1. The molecule has 1 unspecified atom stereocenters. The summed E-state index contributed by atoms with van der Waals surface area (Å²) in [5.41, 5.74) is 0. The third-order valence-electron chi connectivity index (χ3n) is 1.36. The molecule has 0 spiro atoms. The number of hydrogen-bond acceptors (Lipinski definition) is 4. The highest BCUT2D eigenvalue weighted by molar-refractivity contribution is 5.67. The largest absolute Gasteiger partial charge is 0.481 e. The standard InChI is InChI=1S/C7H14O5/c1-11-3-2-6(12-5-8)4-7(9)10/h6,8H,2-5H2,1H3,(H,9,10). The van der Waals surface area contributed by atoms with E-state index in [4.69, 9.17) is 19.7 Å². The summed E-state index contributed by atoms with van der Waals surface area (Å²) < 4.78 is 9.50. The molecule has 0 fully saturated rings. The summed E-state index contributed by atoms with van der Waals surface area (Å²) >= 11 is 0. The second-order valence-electron chi connectivity index (χ2n) is 2.30. The average molecular weight is 178 g/mol. The van der Waals surface area contributed by atoms with Crippen molar-refractivity contribution in [3.63, 3.8) is 0 Å². The molecule has 72 valence electrons. The smallest absolute Gasteiger partial charge is 0.305 e. The van der Waals surface area contributed by atoms with Crippen molar-refractivity contribution >= 4 is 5.97 Å². The van der Waals surface area contributed by atoms with Gasteiger partial charge in [-0.15, -0.1) is 0 Å². The van der Waals surface area contributed by atoms with Crippen LogP contribution in [0.2, 0.25) is 0 Å². The molecule has 0 bridgehead atoms. The van der Waals surface area contributed by atoms with E-state index in [1.54, 1.807) is 0 Å². The molecule has 0 radical (unpaired) electrons. The summed E-state index contributed by atoms with van der Waals surface area (Å²) in [7, 11) is 1.52. The summed E-state index contributed by atoms with van der Waals surface area (Å²) in [6.45, 7) is -0.0282. The van der Waals surface area contributed by atoms with Gasteiger partial charge in [0.25, 0.3) is 0 Å². The van der Waals surface area contributed by atoms with E-state index in [-0.39, 0.29) is 6.42 Å². The van der Waals surface area contributed by atoms with Crippen LogP contribution in [0.4, 0.5) is 0 Å². The van der Waals surface area contributed by atoms with Gasteiger partial charge in [-0.3, -0.25) is 4.79 Å². The minimum atomic E-state index is -0.940. The zero-order valence-corrected chi connectivity index (χ0v) is 7.02. The van der Waals surface area contributed by atoms with Crippen LogP contribution in [0.25, 0.3) is 0 Å². The number of carbonyl (C=O) groups is 1. The van der Waals surface area contributed by atoms with Crippen molar-refractivity contribution in [1.29, 1.82) is 0 Å². The average Bonchev–Trinajstić information content (AvgIpc) is 2.00. The van der Waals surface area contributed by atoms with Gasteiger partial charge in [-0.25, -0.2) is 0 Å². The lowest BCUT2D eigenvalue weighted by molar-refractivity contribution is -0.142. The molecule has 0 saturated carbocycles. The number of carboxylic acid groups (broad SMARTS) is 1.